The summed E-state index contributed by atoms with van der Waals surface area (Å²) in [4.78, 5) is 0. The van der Waals surface area contributed by atoms with E-state index in [-0.39, 0.29) is 11.4 Å². The van der Waals surface area contributed by atoms with Crippen molar-refractivity contribution >= 4 is 11.4 Å². The van der Waals surface area contributed by atoms with Crippen LogP contribution in [0.3, 0.4) is 0 Å². The van der Waals surface area contributed by atoms with Crippen LogP contribution in [0.15, 0.2) is 24.3 Å². The highest BCUT2D eigenvalue weighted by atomic mass is 16.5. The molecule has 0 aliphatic rings. The molecule has 0 aliphatic carbocycles. The average molecular weight is 169 g/mol. The standard InChI is InChI=1S/C6H9N4O2/c7-9(11)5-2-1-3-6(4-5)10(8)12/h1-4,7,9-10H,8H2/q-1. The molecule has 0 saturated carbocycles. The van der Waals surface area contributed by atoms with Crippen LogP contribution in [0.4, 0.5) is 11.4 Å². The fourth-order valence-electron chi connectivity index (χ4n) is 0.814. The van der Waals surface area contributed by atoms with Crippen LogP contribution in [0.2, 0.25) is 0 Å². The Labute approximate surface area is 69.1 Å². The summed E-state index contributed by atoms with van der Waals surface area (Å²) in [6.07, 6.45) is 0. The van der Waals surface area contributed by atoms with Gasteiger partial charge in [-0.25, -0.2) is 0 Å². The number of nitrogens with one attached hydrogen (secondary N) is 3. The molecule has 2 atom stereocenters. The third kappa shape index (κ3) is 1.98. The molecule has 6 nitrogen and oxygen atoms in total. The number of nitrogen functional groups attached to an aromatic ring is 1. The summed E-state index contributed by atoms with van der Waals surface area (Å²) in [5.41, 5.74) is 0.416. The molecular weight excluding hydrogens is 160 g/mol. The largest absolute Gasteiger partial charge is 0.639 e. The van der Waals surface area contributed by atoms with Crippen molar-refractivity contribution < 1.29 is 10.3 Å². The molecule has 0 spiro atoms. The van der Waals surface area contributed by atoms with E-state index in [4.69, 9.17) is 11.7 Å². The van der Waals surface area contributed by atoms with Gasteiger partial charge >= 0.3 is 0 Å². The number of rotatable bonds is 2. The Morgan fingerprint density at radius 1 is 1.25 bits per heavy atom. The van der Waals surface area contributed by atoms with Gasteiger partial charge in [-0.05, 0) is 6.07 Å². The van der Waals surface area contributed by atoms with Gasteiger partial charge in [0.1, 0.15) is 5.69 Å². The van der Waals surface area contributed by atoms with Crippen LogP contribution in [0.5, 0.6) is 0 Å². The fourth-order valence-corrected chi connectivity index (χ4v) is 0.814. The predicted octanol–water partition coefficient (Wildman–Crippen LogP) is -1.44. The third-order valence-electron chi connectivity index (χ3n) is 1.41. The van der Waals surface area contributed by atoms with Crippen molar-refractivity contribution in [2.75, 3.05) is 0 Å². The lowest BCUT2D eigenvalue weighted by molar-refractivity contribution is -0.790. The maximum atomic E-state index is 10.6. The second-order valence-electron chi connectivity index (χ2n) is 2.27. The first kappa shape index (κ1) is 9.07. The first-order valence-electron chi connectivity index (χ1n) is 3.27. The molecule has 0 fully saturated rings. The Bertz CT molecular complexity index is 240. The Morgan fingerprint density at radius 3 is 2.33 bits per heavy atom. The molecule has 1 aromatic carbocycles. The molecule has 0 bridgehead atoms. The molecule has 2 unspecified atom stereocenters. The van der Waals surface area contributed by atoms with E-state index in [1.165, 1.54) is 24.3 Å². The lowest BCUT2D eigenvalue weighted by Gasteiger charge is -2.24. The summed E-state index contributed by atoms with van der Waals surface area (Å²) in [6, 6.07) is 5.77. The van der Waals surface area contributed by atoms with E-state index in [0.717, 1.165) is 0 Å². The van der Waals surface area contributed by atoms with Gasteiger partial charge in [-0.3, -0.25) is 5.17 Å². The third-order valence-corrected chi connectivity index (χ3v) is 1.41. The Balaban J connectivity index is 2.96. The minimum Gasteiger partial charge on any atom is -0.639 e. The molecule has 66 valence electrons. The summed E-state index contributed by atoms with van der Waals surface area (Å²) in [6.45, 7) is 0. The predicted molar refractivity (Wildman–Crippen MR) is 42.9 cm³/mol. The highest BCUT2D eigenvalue weighted by molar-refractivity contribution is 5.41. The number of hydrogen-bond acceptors (Lipinski definition) is 3. The van der Waals surface area contributed by atoms with Gasteiger partial charge in [0.25, 0.3) is 0 Å². The maximum Gasteiger partial charge on any atom is 0.156 e. The van der Waals surface area contributed by atoms with Gasteiger partial charge < -0.3 is 21.4 Å². The van der Waals surface area contributed by atoms with Crippen LogP contribution in [-0.4, -0.2) is 0 Å². The zero-order valence-electron chi connectivity index (χ0n) is 6.20. The lowest BCUT2D eigenvalue weighted by Crippen LogP contribution is -3.08. The van der Waals surface area contributed by atoms with Gasteiger partial charge in [-0.2, -0.15) is 5.84 Å². The Morgan fingerprint density at radius 2 is 1.83 bits per heavy atom. The monoisotopic (exact) mass is 169 g/mol. The van der Waals surface area contributed by atoms with E-state index in [9.17, 15) is 10.4 Å². The molecule has 0 saturated heterocycles. The average Bonchev–Trinajstić information content (AvgIpc) is 2.04. The van der Waals surface area contributed by atoms with Crippen LogP contribution in [-0.2, 0) is 0 Å². The first-order chi connectivity index (χ1) is 5.61. The fraction of sp³-hybridized carbons (Fsp3) is 0. The van der Waals surface area contributed by atoms with Gasteiger partial charge in [0.05, 0.1) is 6.07 Å². The number of nitrogens with two attached hydrogens (primary N) is 1. The maximum absolute atomic E-state index is 10.6. The molecule has 1 aromatic rings. The summed E-state index contributed by atoms with van der Waals surface area (Å²) in [5.74, 6) is 11.7. The van der Waals surface area contributed by atoms with Crippen LogP contribution >= 0.6 is 0 Å². The molecule has 0 radical (unpaired) electrons. The van der Waals surface area contributed by atoms with Crippen molar-refractivity contribution in [2.45, 2.75) is 0 Å². The SMILES string of the molecule is [NH-][NH+]([O-])c1cccc([NH+](N)[O-])c1. The van der Waals surface area contributed by atoms with Crippen LogP contribution in [0.25, 0.3) is 5.84 Å². The van der Waals surface area contributed by atoms with Crippen LogP contribution in [0, 0.1) is 10.4 Å². The molecule has 0 heterocycles. The van der Waals surface area contributed by atoms with Crippen molar-refractivity contribution in [1.29, 1.82) is 0 Å². The molecule has 1 rings (SSSR count). The van der Waals surface area contributed by atoms with E-state index in [1.54, 1.807) is 0 Å². The summed E-state index contributed by atoms with van der Waals surface area (Å²) in [5, 5.41) is 19.7. The van der Waals surface area contributed by atoms with Gasteiger partial charge in [-0.1, -0.05) is 6.07 Å². The van der Waals surface area contributed by atoms with E-state index in [1.807, 2.05) is 0 Å². The van der Waals surface area contributed by atoms with Crippen molar-refractivity contribution in [2.24, 2.45) is 5.84 Å². The Hall–Kier alpha value is -1.02. The highest BCUT2D eigenvalue weighted by Crippen LogP contribution is 2.06. The first-order valence-corrected chi connectivity index (χ1v) is 3.27. The number of benzene rings is 1. The minimum atomic E-state index is -0.821. The summed E-state index contributed by atoms with van der Waals surface area (Å²) >= 11 is 0. The van der Waals surface area contributed by atoms with Gasteiger partial charge in [0, 0.05) is 6.07 Å². The molecular formula is C6H9N4O2-. The minimum absolute atomic E-state index is 0.173. The second kappa shape index (κ2) is 3.59. The van der Waals surface area contributed by atoms with Gasteiger partial charge in [0.2, 0.25) is 0 Å². The second-order valence-corrected chi connectivity index (χ2v) is 2.27. The van der Waals surface area contributed by atoms with Crippen LogP contribution in [0.1, 0.15) is 0 Å². The molecule has 12 heavy (non-hydrogen) atoms. The molecule has 0 aromatic heterocycles. The normalized spacial score (nSPS) is 15.7. The lowest BCUT2D eigenvalue weighted by atomic mass is 10.3. The van der Waals surface area contributed by atoms with Crippen LogP contribution < -0.4 is 16.2 Å². The molecule has 5 N–H and O–H groups in total. The summed E-state index contributed by atoms with van der Waals surface area (Å²) < 4.78 is 0. The van der Waals surface area contributed by atoms with Crippen molar-refractivity contribution in [3.63, 3.8) is 0 Å². The zero-order valence-corrected chi connectivity index (χ0v) is 6.20. The molecule has 0 aliphatic heterocycles. The Kier molecular flexibility index (Phi) is 2.71. The van der Waals surface area contributed by atoms with Crippen molar-refractivity contribution in [3.8, 4) is 0 Å². The van der Waals surface area contributed by atoms with E-state index in [2.05, 4.69) is 0 Å². The van der Waals surface area contributed by atoms with Crippen molar-refractivity contribution in [1.82, 2.24) is 0 Å². The molecule has 6 heteroatoms. The van der Waals surface area contributed by atoms with E-state index >= 15 is 0 Å². The topological polar surface area (TPSA) is 105 Å². The van der Waals surface area contributed by atoms with Gasteiger partial charge in [0.15, 0.2) is 5.69 Å². The van der Waals surface area contributed by atoms with E-state index in [0.29, 0.717) is 0 Å². The smallest absolute Gasteiger partial charge is 0.156 e. The quantitative estimate of drug-likeness (QED) is 0.372. The van der Waals surface area contributed by atoms with Gasteiger partial charge in [-0.15, -0.1) is 0 Å². The molecule has 0 amide bonds. The number of quaternary nitrogens is 2. The number of hydrogen-bond donors (Lipinski definition) is 3. The summed E-state index contributed by atoms with van der Waals surface area (Å²) in [7, 11) is 0. The van der Waals surface area contributed by atoms with E-state index < -0.39 is 10.3 Å². The highest BCUT2D eigenvalue weighted by Gasteiger charge is 2.00. The zero-order chi connectivity index (χ0) is 9.14. The van der Waals surface area contributed by atoms with Crippen molar-refractivity contribution in [3.05, 3.63) is 40.5 Å².